The monoisotopic (exact) mass is 263 g/mol. The number of ether oxygens (including phenoxy) is 1. The average molecular weight is 263 g/mol. The van der Waals surface area contributed by atoms with Crippen LogP contribution in [0.15, 0.2) is 24.3 Å². The van der Waals surface area contributed by atoms with Gasteiger partial charge in [0, 0.05) is 38.9 Å². The molecule has 1 aromatic rings. The average Bonchev–Trinajstić information content (AvgIpc) is 2.47. The zero-order chi connectivity index (χ0) is 13.7. The normalized spacial score (nSPS) is 20.5. The molecule has 1 unspecified atom stereocenters. The van der Waals surface area contributed by atoms with Gasteiger partial charge in [0.2, 0.25) is 0 Å². The van der Waals surface area contributed by atoms with Gasteiger partial charge in [-0.05, 0) is 24.2 Å². The van der Waals surface area contributed by atoms with E-state index in [0.717, 1.165) is 32.8 Å². The smallest absolute Gasteiger partial charge is 0.0876 e. The van der Waals surface area contributed by atoms with Gasteiger partial charge in [-0.1, -0.05) is 19.1 Å². The molecule has 0 aliphatic carbocycles. The van der Waals surface area contributed by atoms with Crippen molar-refractivity contribution in [2.24, 2.45) is 5.73 Å². The van der Waals surface area contributed by atoms with Crippen LogP contribution in [0.25, 0.3) is 0 Å². The molecule has 0 aromatic heterocycles. The molecule has 1 aromatic carbocycles. The van der Waals surface area contributed by atoms with Crippen LogP contribution in [0.4, 0.5) is 5.69 Å². The largest absolute Gasteiger partial charge is 0.374 e. The third kappa shape index (κ3) is 3.93. The minimum absolute atomic E-state index is 0.299. The summed E-state index contributed by atoms with van der Waals surface area (Å²) in [5, 5.41) is 0. The standard InChI is InChI=1S/C15H25N3O/c1-3-18-8-9-19-15(12-18)11-17(2)14-6-4-13(10-16)5-7-14/h4-7,15H,3,8-12,16H2,1-2H3. The number of morpholine rings is 1. The second-order valence-electron chi connectivity index (χ2n) is 5.14. The molecule has 1 aliphatic heterocycles. The van der Waals surface area contributed by atoms with E-state index in [-0.39, 0.29) is 0 Å². The molecule has 1 heterocycles. The van der Waals surface area contributed by atoms with E-state index >= 15 is 0 Å². The third-order valence-electron chi connectivity index (χ3n) is 3.76. The Labute approximate surface area is 116 Å². The molecule has 2 rings (SSSR count). The van der Waals surface area contributed by atoms with Crippen LogP contribution in [0.1, 0.15) is 12.5 Å². The second kappa shape index (κ2) is 6.89. The first kappa shape index (κ1) is 14.3. The lowest BCUT2D eigenvalue weighted by atomic mass is 10.2. The van der Waals surface area contributed by atoms with Crippen molar-refractivity contribution in [1.82, 2.24) is 4.90 Å². The SMILES string of the molecule is CCN1CCOC(CN(C)c2ccc(CN)cc2)C1. The fourth-order valence-electron chi connectivity index (χ4n) is 2.48. The van der Waals surface area contributed by atoms with Crippen LogP contribution in [0.3, 0.4) is 0 Å². The first-order chi connectivity index (χ1) is 9.22. The first-order valence-electron chi connectivity index (χ1n) is 7.07. The van der Waals surface area contributed by atoms with Crippen LogP contribution in [0.5, 0.6) is 0 Å². The maximum atomic E-state index is 5.84. The molecule has 1 fully saturated rings. The van der Waals surface area contributed by atoms with Gasteiger partial charge in [0.25, 0.3) is 0 Å². The third-order valence-corrected chi connectivity index (χ3v) is 3.76. The van der Waals surface area contributed by atoms with E-state index in [2.05, 4.69) is 48.0 Å². The number of nitrogens with two attached hydrogens (primary N) is 1. The van der Waals surface area contributed by atoms with Crippen molar-refractivity contribution in [1.29, 1.82) is 0 Å². The summed E-state index contributed by atoms with van der Waals surface area (Å²) in [6.45, 7) is 7.77. The molecule has 1 aliphatic rings. The van der Waals surface area contributed by atoms with E-state index < -0.39 is 0 Å². The van der Waals surface area contributed by atoms with Gasteiger partial charge in [-0.3, -0.25) is 4.90 Å². The maximum absolute atomic E-state index is 5.84. The van der Waals surface area contributed by atoms with Crippen molar-refractivity contribution >= 4 is 5.69 Å². The number of likely N-dealkylation sites (N-methyl/N-ethyl adjacent to an activating group) is 2. The fourth-order valence-corrected chi connectivity index (χ4v) is 2.48. The summed E-state index contributed by atoms with van der Waals surface area (Å²) >= 11 is 0. The van der Waals surface area contributed by atoms with Crippen LogP contribution in [0, 0.1) is 0 Å². The quantitative estimate of drug-likeness (QED) is 0.869. The van der Waals surface area contributed by atoms with Gasteiger partial charge < -0.3 is 15.4 Å². The molecular formula is C15H25N3O. The molecule has 0 spiro atoms. The van der Waals surface area contributed by atoms with E-state index in [9.17, 15) is 0 Å². The number of benzene rings is 1. The number of hydrogen-bond donors (Lipinski definition) is 1. The summed E-state index contributed by atoms with van der Waals surface area (Å²) in [7, 11) is 2.12. The van der Waals surface area contributed by atoms with Gasteiger partial charge in [0.1, 0.15) is 0 Å². The summed E-state index contributed by atoms with van der Waals surface area (Å²) < 4.78 is 5.84. The Hall–Kier alpha value is -1.10. The Morgan fingerprint density at radius 3 is 2.74 bits per heavy atom. The van der Waals surface area contributed by atoms with Crippen LogP contribution in [-0.4, -0.2) is 50.8 Å². The number of nitrogens with zero attached hydrogens (tertiary/aromatic N) is 2. The van der Waals surface area contributed by atoms with E-state index in [1.807, 2.05) is 0 Å². The van der Waals surface area contributed by atoms with E-state index in [1.165, 1.54) is 11.3 Å². The molecule has 106 valence electrons. The minimum atomic E-state index is 0.299. The minimum Gasteiger partial charge on any atom is -0.374 e. The van der Waals surface area contributed by atoms with Crippen LogP contribution < -0.4 is 10.6 Å². The predicted octanol–water partition coefficient (Wildman–Crippen LogP) is 1.30. The molecule has 0 saturated carbocycles. The van der Waals surface area contributed by atoms with Gasteiger partial charge in [0.15, 0.2) is 0 Å². The van der Waals surface area contributed by atoms with Crippen molar-refractivity contribution in [2.45, 2.75) is 19.6 Å². The highest BCUT2D eigenvalue weighted by molar-refractivity contribution is 5.47. The predicted molar refractivity (Wildman–Crippen MR) is 79.5 cm³/mol. The van der Waals surface area contributed by atoms with Crippen molar-refractivity contribution in [3.8, 4) is 0 Å². The first-order valence-corrected chi connectivity index (χ1v) is 7.07. The Morgan fingerprint density at radius 2 is 2.11 bits per heavy atom. The number of hydrogen-bond acceptors (Lipinski definition) is 4. The molecule has 2 N–H and O–H groups in total. The van der Waals surface area contributed by atoms with Crippen molar-refractivity contribution in [3.05, 3.63) is 29.8 Å². The van der Waals surface area contributed by atoms with E-state index in [0.29, 0.717) is 12.6 Å². The van der Waals surface area contributed by atoms with E-state index in [1.54, 1.807) is 0 Å². The van der Waals surface area contributed by atoms with Gasteiger partial charge in [-0.15, -0.1) is 0 Å². The summed E-state index contributed by atoms with van der Waals surface area (Å²) in [4.78, 5) is 4.70. The molecular weight excluding hydrogens is 238 g/mol. The molecule has 0 bridgehead atoms. The Balaban J connectivity index is 1.90. The molecule has 4 nitrogen and oxygen atoms in total. The number of rotatable bonds is 5. The lowest BCUT2D eigenvalue weighted by Gasteiger charge is -2.34. The van der Waals surface area contributed by atoms with Gasteiger partial charge >= 0.3 is 0 Å². The van der Waals surface area contributed by atoms with Gasteiger partial charge in [0.05, 0.1) is 12.7 Å². The zero-order valence-electron chi connectivity index (χ0n) is 12.0. The van der Waals surface area contributed by atoms with Crippen molar-refractivity contribution in [3.63, 3.8) is 0 Å². The lowest BCUT2D eigenvalue weighted by Crippen LogP contribution is -2.46. The highest BCUT2D eigenvalue weighted by Crippen LogP contribution is 2.15. The van der Waals surface area contributed by atoms with Crippen LogP contribution >= 0.6 is 0 Å². The summed E-state index contributed by atoms with van der Waals surface area (Å²) in [5.74, 6) is 0. The summed E-state index contributed by atoms with van der Waals surface area (Å²) in [6, 6.07) is 8.43. The van der Waals surface area contributed by atoms with Crippen LogP contribution in [-0.2, 0) is 11.3 Å². The number of anilines is 1. The zero-order valence-corrected chi connectivity index (χ0v) is 12.0. The molecule has 0 amide bonds. The summed E-state index contributed by atoms with van der Waals surface area (Å²) in [5.41, 5.74) is 8.00. The summed E-state index contributed by atoms with van der Waals surface area (Å²) in [6.07, 6.45) is 0.299. The fraction of sp³-hybridized carbons (Fsp3) is 0.600. The van der Waals surface area contributed by atoms with Crippen molar-refractivity contribution in [2.75, 3.05) is 44.7 Å². The Kier molecular flexibility index (Phi) is 5.19. The lowest BCUT2D eigenvalue weighted by molar-refractivity contribution is -0.0216. The highest BCUT2D eigenvalue weighted by atomic mass is 16.5. The molecule has 1 saturated heterocycles. The van der Waals surface area contributed by atoms with Gasteiger partial charge in [-0.2, -0.15) is 0 Å². The second-order valence-corrected chi connectivity index (χ2v) is 5.14. The Morgan fingerprint density at radius 1 is 1.37 bits per heavy atom. The van der Waals surface area contributed by atoms with E-state index in [4.69, 9.17) is 10.5 Å². The highest BCUT2D eigenvalue weighted by Gasteiger charge is 2.20. The topological polar surface area (TPSA) is 41.7 Å². The maximum Gasteiger partial charge on any atom is 0.0876 e. The van der Waals surface area contributed by atoms with Crippen molar-refractivity contribution < 1.29 is 4.74 Å². The molecule has 0 radical (unpaired) electrons. The van der Waals surface area contributed by atoms with Crippen LogP contribution in [0.2, 0.25) is 0 Å². The Bertz CT molecular complexity index is 379. The molecule has 1 atom stereocenters. The van der Waals surface area contributed by atoms with Gasteiger partial charge in [-0.25, -0.2) is 0 Å². The molecule has 4 heteroatoms. The molecule has 19 heavy (non-hydrogen) atoms.